The number of hydrogen-bond donors (Lipinski definition) is 1. The van der Waals surface area contributed by atoms with Gasteiger partial charge in [-0.15, -0.1) is 0 Å². The minimum Gasteiger partial charge on any atom is -0.402 e. The van der Waals surface area contributed by atoms with Crippen molar-refractivity contribution in [2.75, 3.05) is 0 Å². The summed E-state index contributed by atoms with van der Waals surface area (Å²) in [5.74, 6) is -1.06. The highest BCUT2D eigenvalue weighted by atomic mass is 35.5. The Morgan fingerprint density at radius 3 is 2.21 bits per heavy atom. The Hall–Kier alpha value is -0.615. The summed E-state index contributed by atoms with van der Waals surface area (Å²) >= 11 is 5.66. The standard InChI is InChI=1S/C13H18BClFNO2/c1-12(2)13(3,4)19-14(18-12)11(17)8-5-6-9(15)10(16)7-8/h5-7,11H,17H2,1-4H3/t11-/m0/s1. The lowest BCUT2D eigenvalue weighted by Gasteiger charge is -2.32. The fourth-order valence-corrected chi connectivity index (χ4v) is 2.03. The quantitative estimate of drug-likeness (QED) is 0.849. The van der Waals surface area contributed by atoms with E-state index in [1.165, 1.54) is 12.1 Å². The molecule has 6 heteroatoms. The maximum Gasteiger partial charge on any atom is 0.480 e. The first-order valence-electron chi connectivity index (χ1n) is 6.20. The van der Waals surface area contributed by atoms with E-state index in [4.69, 9.17) is 26.6 Å². The molecule has 0 unspecified atom stereocenters. The van der Waals surface area contributed by atoms with Gasteiger partial charge in [-0.05, 0) is 45.4 Å². The van der Waals surface area contributed by atoms with Crippen LogP contribution in [-0.4, -0.2) is 18.3 Å². The third-order valence-electron chi connectivity index (χ3n) is 3.89. The molecule has 2 N–H and O–H groups in total. The van der Waals surface area contributed by atoms with Crippen molar-refractivity contribution in [2.45, 2.75) is 44.8 Å². The molecule has 0 bridgehead atoms. The summed E-state index contributed by atoms with van der Waals surface area (Å²) in [5, 5.41) is 0.0740. The van der Waals surface area contributed by atoms with E-state index in [9.17, 15) is 4.39 Å². The van der Waals surface area contributed by atoms with Gasteiger partial charge in [0.2, 0.25) is 0 Å². The molecule has 1 aliphatic heterocycles. The molecule has 1 aliphatic rings. The van der Waals surface area contributed by atoms with Gasteiger partial charge in [-0.2, -0.15) is 0 Å². The number of halogens is 2. The number of hydrogen-bond acceptors (Lipinski definition) is 3. The highest BCUT2D eigenvalue weighted by Crippen LogP contribution is 2.39. The molecular formula is C13H18BClFNO2. The number of rotatable bonds is 2. The number of nitrogens with two attached hydrogens (primary N) is 1. The summed E-state index contributed by atoms with van der Waals surface area (Å²) in [5.41, 5.74) is 5.78. The maximum absolute atomic E-state index is 13.5. The first kappa shape index (κ1) is 14.8. The molecule has 1 aromatic rings. The zero-order valence-corrected chi connectivity index (χ0v) is 12.3. The molecule has 1 aromatic carbocycles. The molecule has 0 amide bonds. The first-order valence-corrected chi connectivity index (χ1v) is 6.58. The van der Waals surface area contributed by atoms with Crippen LogP contribution >= 0.6 is 11.6 Å². The van der Waals surface area contributed by atoms with Crippen LogP contribution in [0.25, 0.3) is 0 Å². The van der Waals surface area contributed by atoms with Crippen LogP contribution in [0.5, 0.6) is 0 Å². The minimum absolute atomic E-state index is 0.0740. The number of benzene rings is 1. The van der Waals surface area contributed by atoms with Gasteiger partial charge in [-0.1, -0.05) is 17.7 Å². The Morgan fingerprint density at radius 1 is 1.21 bits per heavy atom. The van der Waals surface area contributed by atoms with Crippen LogP contribution in [0.4, 0.5) is 4.39 Å². The van der Waals surface area contributed by atoms with Gasteiger partial charge < -0.3 is 15.0 Å². The second-order valence-electron chi connectivity index (χ2n) is 5.82. The van der Waals surface area contributed by atoms with Gasteiger partial charge in [-0.3, -0.25) is 0 Å². The Kier molecular flexibility index (Phi) is 3.69. The Balaban J connectivity index is 2.22. The molecule has 0 spiro atoms. The molecule has 1 saturated heterocycles. The summed E-state index contributed by atoms with van der Waals surface area (Å²) in [7, 11) is -0.606. The van der Waals surface area contributed by atoms with Crippen molar-refractivity contribution >= 4 is 18.7 Å². The van der Waals surface area contributed by atoms with Crippen molar-refractivity contribution in [1.29, 1.82) is 0 Å². The van der Waals surface area contributed by atoms with E-state index < -0.39 is 30.1 Å². The van der Waals surface area contributed by atoms with Crippen LogP contribution in [-0.2, 0) is 9.31 Å². The Bertz CT molecular complexity index is 480. The molecule has 1 fully saturated rings. The third-order valence-corrected chi connectivity index (χ3v) is 4.20. The van der Waals surface area contributed by atoms with Crippen LogP contribution in [0.3, 0.4) is 0 Å². The topological polar surface area (TPSA) is 44.5 Å². The van der Waals surface area contributed by atoms with Crippen LogP contribution in [0, 0.1) is 5.82 Å². The molecule has 0 aliphatic carbocycles. The van der Waals surface area contributed by atoms with E-state index >= 15 is 0 Å². The van der Waals surface area contributed by atoms with Gasteiger partial charge in [0, 0.05) is 0 Å². The van der Waals surface area contributed by atoms with E-state index in [0.717, 1.165) is 0 Å². The van der Waals surface area contributed by atoms with Crippen LogP contribution in [0.15, 0.2) is 18.2 Å². The highest BCUT2D eigenvalue weighted by Gasteiger charge is 2.53. The average molecular weight is 286 g/mol. The molecule has 3 nitrogen and oxygen atoms in total. The highest BCUT2D eigenvalue weighted by molar-refractivity contribution is 6.47. The molecule has 0 saturated carbocycles. The van der Waals surface area contributed by atoms with E-state index in [2.05, 4.69) is 0 Å². The zero-order valence-electron chi connectivity index (χ0n) is 11.5. The van der Waals surface area contributed by atoms with Crippen molar-refractivity contribution in [1.82, 2.24) is 0 Å². The van der Waals surface area contributed by atoms with Crippen molar-refractivity contribution < 1.29 is 13.7 Å². The van der Waals surface area contributed by atoms with Crippen molar-refractivity contribution in [3.05, 3.63) is 34.6 Å². The molecule has 1 heterocycles. The van der Waals surface area contributed by atoms with Gasteiger partial charge in [0.05, 0.1) is 22.2 Å². The first-order chi connectivity index (χ1) is 8.64. The monoisotopic (exact) mass is 285 g/mol. The van der Waals surface area contributed by atoms with Crippen molar-refractivity contribution in [2.24, 2.45) is 5.73 Å². The van der Waals surface area contributed by atoms with Gasteiger partial charge in [-0.25, -0.2) is 4.39 Å². The Labute approximate surface area is 118 Å². The summed E-state index contributed by atoms with van der Waals surface area (Å²) in [6.07, 6.45) is 0. The fraction of sp³-hybridized carbons (Fsp3) is 0.538. The molecular weight excluding hydrogens is 267 g/mol. The molecule has 1 atom stereocenters. The van der Waals surface area contributed by atoms with Gasteiger partial charge in [0.25, 0.3) is 0 Å². The van der Waals surface area contributed by atoms with Gasteiger partial charge >= 0.3 is 7.12 Å². The summed E-state index contributed by atoms with van der Waals surface area (Å²) in [6.45, 7) is 7.79. The molecule has 2 rings (SSSR count). The van der Waals surface area contributed by atoms with E-state index in [1.807, 2.05) is 27.7 Å². The fourth-order valence-electron chi connectivity index (χ4n) is 1.91. The van der Waals surface area contributed by atoms with E-state index in [1.54, 1.807) is 6.07 Å². The predicted octanol–water partition coefficient (Wildman–Crippen LogP) is 3.11. The van der Waals surface area contributed by atoms with E-state index in [-0.39, 0.29) is 5.02 Å². The Morgan fingerprint density at radius 2 is 1.74 bits per heavy atom. The second-order valence-corrected chi connectivity index (χ2v) is 6.23. The van der Waals surface area contributed by atoms with Gasteiger partial charge in [0.15, 0.2) is 0 Å². The summed E-state index contributed by atoms with van der Waals surface area (Å²) in [4.78, 5) is 0. The smallest absolute Gasteiger partial charge is 0.402 e. The lowest BCUT2D eigenvalue weighted by molar-refractivity contribution is 0.00578. The normalized spacial score (nSPS) is 22.6. The summed E-state index contributed by atoms with van der Waals surface area (Å²) < 4.78 is 25.2. The predicted molar refractivity (Wildman–Crippen MR) is 74.4 cm³/mol. The van der Waals surface area contributed by atoms with Gasteiger partial charge in [0.1, 0.15) is 5.82 Å². The van der Waals surface area contributed by atoms with E-state index in [0.29, 0.717) is 5.56 Å². The third kappa shape index (κ3) is 2.65. The lowest BCUT2D eigenvalue weighted by atomic mass is 9.75. The zero-order chi connectivity index (χ0) is 14.4. The molecule has 0 radical (unpaired) electrons. The lowest BCUT2D eigenvalue weighted by Crippen LogP contribution is -2.41. The maximum atomic E-state index is 13.5. The van der Waals surface area contributed by atoms with Crippen LogP contribution in [0.2, 0.25) is 5.02 Å². The molecule has 104 valence electrons. The second kappa shape index (κ2) is 4.74. The largest absolute Gasteiger partial charge is 0.480 e. The molecule has 0 aromatic heterocycles. The van der Waals surface area contributed by atoms with Crippen molar-refractivity contribution in [3.8, 4) is 0 Å². The van der Waals surface area contributed by atoms with Crippen LogP contribution < -0.4 is 5.73 Å². The van der Waals surface area contributed by atoms with Crippen LogP contribution in [0.1, 0.15) is 39.2 Å². The SMILES string of the molecule is CC1(C)OB([C@@H](N)c2ccc(Cl)c(F)c2)OC1(C)C. The summed E-state index contributed by atoms with van der Waals surface area (Å²) in [6, 6.07) is 4.48. The molecule has 19 heavy (non-hydrogen) atoms. The minimum atomic E-state index is -0.606. The van der Waals surface area contributed by atoms with Crippen molar-refractivity contribution in [3.63, 3.8) is 0 Å². The average Bonchev–Trinajstić information content (AvgIpc) is 2.51.